The maximum atomic E-state index is 11.7. The lowest BCUT2D eigenvalue weighted by Gasteiger charge is -2.15. The number of carboxylic acid groups (broad SMARTS) is 1. The first kappa shape index (κ1) is 17.4. The molecule has 0 aromatic heterocycles. The monoisotopic (exact) mass is 310 g/mol. The van der Waals surface area contributed by atoms with Gasteiger partial charge in [-0.3, -0.25) is 0 Å². The Morgan fingerprint density at radius 3 is 2.52 bits per heavy atom. The molecule has 21 heavy (non-hydrogen) atoms. The van der Waals surface area contributed by atoms with Crippen LogP contribution in [0.25, 0.3) is 0 Å². The van der Waals surface area contributed by atoms with Gasteiger partial charge in [0.05, 0.1) is 0 Å². The molecule has 0 aliphatic heterocycles. The summed E-state index contributed by atoms with van der Waals surface area (Å²) in [5, 5.41) is 14.4. The topological polar surface area (TPSA) is 78.4 Å². The van der Waals surface area contributed by atoms with Crippen molar-refractivity contribution in [3.63, 3.8) is 0 Å². The van der Waals surface area contributed by atoms with Crippen LogP contribution < -0.4 is 10.6 Å². The fourth-order valence-electron chi connectivity index (χ4n) is 1.87. The molecule has 6 heteroatoms. The van der Waals surface area contributed by atoms with Gasteiger partial charge < -0.3 is 15.7 Å². The van der Waals surface area contributed by atoms with Gasteiger partial charge in [-0.25, -0.2) is 9.59 Å². The van der Waals surface area contributed by atoms with Crippen LogP contribution in [0.1, 0.15) is 30.9 Å². The predicted octanol–water partition coefficient (Wildman–Crippen LogP) is 2.64. The molecule has 0 radical (unpaired) electrons. The van der Waals surface area contributed by atoms with Crippen LogP contribution in [0.2, 0.25) is 0 Å². The number of rotatable bonds is 9. The molecule has 0 aliphatic rings. The Hall–Kier alpha value is -1.69. The quantitative estimate of drug-likeness (QED) is 0.613. The van der Waals surface area contributed by atoms with E-state index in [2.05, 4.69) is 16.9 Å². The fraction of sp³-hybridized carbons (Fsp3) is 0.467. The molecule has 3 N–H and O–H groups in total. The summed E-state index contributed by atoms with van der Waals surface area (Å²) in [5.41, 5.74) is 0.556. The van der Waals surface area contributed by atoms with Crippen LogP contribution in [-0.4, -0.2) is 35.7 Å². The third kappa shape index (κ3) is 7.04. The van der Waals surface area contributed by atoms with Crippen molar-refractivity contribution in [2.24, 2.45) is 0 Å². The Labute approximate surface area is 129 Å². The average Bonchev–Trinajstić information content (AvgIpc) is 2.49. The van der Waals surface area contributed by atoms with E-state index in [9.17, 15) is 14.7 Å². The van der Waals surface area contributed by atoms with Gasteiger partial charge in [0.2, 0.25) is 0 Å². The molecule has 0 saturated heterocycles. The first-order valence-corrected chi connectivity index (χ1v) is 8.35. The molecule has 1 rings (SSSR count). The molecule has 0 heterocycles. The predicted molar refractivity (Wildman–Crippen MR) is 85.6 cm³/mol. The smallest absolute Gasteiger partial charge is 0.330 e. The van der Waals surface area contributed by atoms with Gasteiger partial charge in [-0.15, -0.1) is 0 Å². The molecule has 2 amide bonds. The number of hydrogen-bond donors (Lipinski definition) is 3. The molecular formula is C15H22N2O3S. The lowest BCUT2D eigenvalue weighted by molar-refractivity contribution is -0.139. The van der Waals surface area contributed by atoms with Gasteiger partial charge in [0.15, 0.2) is 6.04 Å². The minimum atomic E-state index is -1.07. The number of carbonyl (C=O) groups is 2. The van der Waals surface area contributed by atoms with Crippen molar-refractivity contribution in [3.8, 4) is 0 Å². The van der Waals surface area contributed by atoms with Crippen LogP contribution in [-0.2, 0) is 4.79 Å². The number of hydrogen-bond acceptors (Lipinski definition) is 3. The number of unbranched alkanes of at least 4 members (excludes halogenated alkanes) is 2. The molecule has 0 aliphatic carbocycles. The van der Waals surface area contributed by atoms with Crippen molar-refractivity contribution in [2.75, 3.05) is 18.6 Å². The molecule has 5 nitrogen and oxygen atoms in total. The van der Waals surface area contributed by atoms with Crippen LogP contribution >= 0.6 is 11.8 Å². The van der Waals surface area contributed by atoms with E-state index < -0.39 is 18.0 Å². The summed E-state index contributed by atoms with van der Waals surface area (Å²) in [7, 11) is 0. The molecule has 1 unspecified atom stereocenters. The van der Waals surface area contributed by atoms with Gasteiger partial charge in [0.1, 0.15) is 0 Å². The number of aliphatic carboxylic acids is 1. The van der Waals surface area contributed by atoms with Crippen LogP contribution in [0.5, 0.6) is 0 Å². The summed E-state index contributed by atoms with van der Waals surface area (Å²) in [4.78, 5) is 23.0. The largest absolute Gasteiger partial charge is 0.479 e. The summed E-state index contributed by atoms with van der Waals surface area (Å²) in [5.74, 6) is 0.0534. The van der Waals surface area contributed by atoms with E-state index in [1.807, 2.05) is 11.8 Å². The van der Waals surface area contributed by atoms with Gasteiger partial charge in [-0.05, 0) is 30.4 Å². The number of thioether (sulfide) groups is 1. The van der Waals surface area contributed by atoms with Gasteiger partial charge in [-0.2, -0.15) is 11.8 Å². The number of carbonyl (C=O) groups excluding carboxylic acids is 1. The number of urea groups is 1. The Bertz CT molecular complexity index is 440. The summed E-state index contributed by atoms with van der Waals surface area (Å²) < 4.78 is 0. The zero-order valence-electron chi connectivity index (χ0n) is 12.2. The highest BCUT2D eigenvalue weighted by molar-refractivity contribution is 7.98. The highest BCUT2D eigenvalue weighted by Gasteiger charge is 2.21. The molecule has 1 atom stereocenters. The van der Waals surface area contributed by atoms with Gasteiger partial charge in [0.25, 0.3) is 0 Å². The average molecular weight is 310 g/mol. The number of carboxylic acids is 1. The number of nitrogens with one attached hydrogen (secondary N) is 2. The van der Waals surface area contributed by atoms with E-state index in [0.717, 1.165) is 25.0 Å². The van der Waals surface area contributed by atoms with E-state index in [1.165, 1.54) is 0 Å². The van der Waals surface area contributed by atoms with Crippen molar-refractivity contribution >= 4 is 23.8 Å². The van der Waals surface area contributed by atoms with E-state index in [1.54, 1.807) is 30.3 Å². The van der Waals surface area contributed by atoms with E-state index in [-0.39, 0.29) is 0 Å². The SMILES string of the molecule is CSCCCCCNC(=O)NC(C(=O)O)c1ccccc1. The van der Waals surface area contributed by atoms with Crippen molar-refractivity contribution in [1.82, 2.24) is 10.6 Å². The standard InChI is InChI=1S/C15H22N2O3S/c1-21-11-7-3-6-10-16-15(20)17-13(14(18)19)12-8-4-2-5-9-12/h2,4-5,8-9,13H,3,6-7,10-11H2,1H3,(H,18,19)(H2,16,17,20). The van der Waals surface area contributed by atoms with Crippen molar-refractivity contribution < 1.29 is 14.7 Å². The first-order valence-electron chi connectivity index (χ1n) is 6.96. The third-order valence-electron chi connectivity index (χ3n) is 2.97. The van der Waals surface area contributed by atoms with E-state index in [4.69, 9.17) is 0 Å². The summed E-state index contributed by atoms with van der Waals surface area (Å²) in [6, 6.07) is 7.19. The second-order valence-corrected chi connectivity index (χ2v) is 5.62. The Kier molecular flexibility index (Phi) is 8.35. The summed E-state index contributed by atoms with van der Waals surface area (Å²) >= 11 is 1.81. The van der Waals surface area contributed by atoms with E-state index >= 15 is 0 Å². The Balaban J connectivity index is 2.35. The lowest BCUT2D eigenvalue weighted by Crippen LogP contribution is -2.41. The summed E-state index contributed by atoms with van der Waals surface area (Å²) in [6.45, 7) is 0.557. The minimum absolute atomic E-state index is 0.448. The van der Waals surface area contributed by atoms with Gasteiger partial charge in [-0.1, -0.05) is 36.8 Å². The minimum Gasteiger partial charge on any atom is -0.479 e. The second kappa shape index (κ2) is 10.1. The highest BCUT2D eigenvalue weighted by atomic mass is 32.2. The van der Waals surface area contributed by atoms with Crippen LogP contribution in [0, 0.1) is 0 Å². The summed E-state index contributed by atoms with van der Waals surface area (Å²) in [6.07, 6.45) is 5.16. The number of amides is 2. The van der Waals surface area contributed by atoms with E-state index in [0.29, 0.717) is 12.1 Å². The molecule has 0 fully saturated rings. The van der Waals surface area contributed by atoms with Crippen molar-refractivity contribution in [3.05, 3.63) is 35.9 Å². The molecule has 1 aromatic carbocycles. The lowest BCUT2D eigenvalue weighted by atomic mass is 10.1. The van der Waals surface area contributed by atoms with Crippen LogP contribution in [0.4, 0.5) is 4.79 Å². The third-order valence-corrected chi connectivity index (χ3v) is 3.66. The molecule has 0 saturated carbocycles. The Morgan fingerprint density at radius 1 is 1.19 bits per heavy atom. The van der Waals surface area contributed by atoms with Crippen LogP contribution in [0.3, 0.4) is 0 Å². The normalized spacial score (nSPS) is 11.7. The molecule has 0 spiro atoms. The molecular weight excluding hydrogens is 288 g/mol. The van der Waals surface area contributed by atoms with Crippen molar-refractivity contribution in [2.45, 2.75) is 25.3 Å². The highest BCUT2D eigenvalue weighted by Crippen LogP contribution is 2.12. The first-order chi connectivity index (χ1) is 10.1. The van der Waals surface area contributed by atoms with Crippen molar-refractivity contribution in [1.29, 1.82) is 0 Å². The van der Waals surface area contributed by atoms with Crippen LogP contribution in [0.15, 0.2) is 30.3 Å². The second-order valence-electron chi connectivity index (χ2n) is 4.64. The maximum absolute atomic E-state index is 11.7. The van der Waals surface area contributed by atoms with Gasteiger partial charge in [0, 0.05) is 6.54 Å². The number of benzene rings is 1. The molecule has 0 bridgehead atoms. The maximum Gasteiger partial charge on any atom is 0.330 e. The zero-order chi connectivity index (χ0) is 15.5. The fourth-order valence-corrected chi connectivity index (χ4v) is 2.36. The zero-order valence-corrected chi connectivity index (χ0v) is 13.0. The van der Waals surface area contributed by atoms with Gasteiger partial charge >= 0.3 is 12.0 Å². The Morgan fingerprint density at radius 2 is 1.90 bits per heavy atom. The molecule has 1 aromatic rings. The molecule has 116 valence electrons.